The van der Waals surface area contributed by atoms with Gasteiger partial charge in [0.1, 0.15) is 12.4 Å². The fourth-order valence-corrected chi connectivity index (χ4v) is 2.03. The van der Waals surface area contributed by atoms with E-state index in [1.165, 1.54) is 28.8 Å². The van der Waals surface area contributed by atoms with Gasteiger partial charge in [-0.05, 0) is 0 Å². The zero-order chi connectivity index (χ0) is 17.9. The lowest BCUT2D eigenvalue weighted by atomic mass is 10.1. The van der Waals surface area contributed by atoms with Crippen molar-refractivity contribution in [3.8, 4) is 0 Å². The predicted octanol–water partition coefficient (Wildman–Crippen LogP) is 0.159. The van der Waals surface area contributed by atoms with Gasteiger partial charge in [-0.3, -0.25) is 29.1 Å². The Morgan fingerprint density at radius 2 is 2.12 bits per heavy atom. The van der Waals surface area contributed by atoms with Gasteiger partial charge in [-0.2, -0.15) is 10.2 Å². The number of hydrogen-bond acceptors (Lipinski definition) is 6. The van der Waals surface area contributed by atoms with Crippen LogP contribution in [0.3, 0.4) is 0 Å². The van der Waals surface area contributed by atoms with Gasteiger partial charge in [-0.15, -0.1) is 0 Å². The van der Waals surface area contributed by atoms with E-state index in [-0.39, 0.29) is 23.8 Å². The molecule has 0 saturated heterocycles. The third kappa shape index (κ3) is 3.74. The predicted molar refractivity (Wildman–Crippen MR) is 83.3 cm³/mol. The summed E-state index contributed by atoms with van der Waals surface area (Å²) in [5.41, 5.74) is 0.257. The number of hydrogen-bond donors (Lipinski definition) is 2. The molecule has 11 heteroatoms. The van der Waals surface area contributed by atoms with Crippen LogP contribution < -0.4 is 10.6 Å². The largest absolute Gasteiger partial charge is 0.354 e. The SMILES string of the molecule is CNC(=O)c1nn(C)cc1NC(=O)C(C)Cn1cc([N+](=O)[O-])cn1. The highest BCUT2D eigenvalue weighted by Gasteiger charge is 2.21. The first-order valence-electron chi connectivity index (χ1n) is 7.05. The topological polar surface area (TPSA) is 137 Å². The molecule has 0 aliphatic rings. The monoisotopic (exact) mass is 335 g/mol. The highest BCUT2D eigenvalue weighted by Crippen LogP contribution is 2.15. The molecule has 2 rings (SSSR count). The number of aryl methyl sites for hydroxylation is 1. The molecule has 0 aromatic carbocycles. The molecule has 1 atom stereocenters. The van der Waals surface area contributed by atoms with Crippen molar-refractivity contribution in [1.82, 2.24) is 24.9 Å². The van der Waals surface area contributed by atoms with Gasteiger partial charge in [-0.1, -0.05) is 6.92 Å². The van der Waals surface area contributed by atoms with Gasteiger partial charge in [0.2, 0.25) is 5.91 Å². The molecular weight excluding hydrogens is 318 g/mol. The number of amides is 2. The van der Waals surface area contributed by atoms with E-state index < -0.39 is 16.7 Å². The molecule has 24 heavy (non-hydrogen) atoms. The summed E-state index contributed by atoms with van der Waals surface area (Å²) in [7, 11) is 3.10. The van der Waals surface area contributed by atoms with Crippen molar-refractivity contribution in [2.45, 2.75) is 13.5 Å². The van der Waals surface area contributed by atoms with Crippen LogP contribution in [0.2, 0.25) is 0 Å². The second kappa shape index (κ2) is 6.89. The fourth-order valence-electron chi connectivity index (χ4n) is 2.03. The van der Waals surface area contributed by atoms with E-state index in [1.807, 2.05) is 0 Å². The molecule has 2 aromatic rings. The van der Waals surface area contributed by atoms with Gasteiger partial charge in [0.15, 0.2) is 5.69 Å². The summed E-state index contributed by atoms with van der Waals surface area (Å²) in [5, 5.41) is 23.6. The average Bonchev–Trinajstić information content (AvgIpc) is 3.13. The summed E-state index contributed by atoms with van der Waals surface area (Å²) in [5.74, 6) is -1.30. The smallest absolute Gasteiger partial charge is 0.306 e. The highest BCUT2D eigenvalue weighted by atomic mass is 16.6. The van der Waals surface area contributed by atoms with E-state index in [4.69, 9.17) is 0 Å². The van der Waals surface area contributed by atoms with E-state index in [0.29, 0.717) is 5.69 Å². The van der Waals surface area contributed by atoms with E-state index >= 15 is 0 Å². The number of rotatable bonds is 6. The van der Waals surface area contributed by atoms with E-state index in [2.05, 4.69) is 20.8 Å². The van der Waals surface area contributed by atoms with Crippen molar-refractivity contribution in [3.05, 3.63) is 34.4 Å². The minimum Gasteiger partial charge on any atom is -0.354 e. The lowest BCUT2D eigenvalue weighted by molar-refractivity contribution is -0.385. The number of nitro groups is 1. The van der Waals surface area contributed by atoms with E-state index in [9.17, 15) is 19.7 Å². The first-order chi connectivity index (χ1) is 11.3. The minimum atomic E-state index is -0.556. The highest BCUT2D eigenvalue weighted by molar-refractivity contribution is 6.02. The van der Waals surface area contributed by atoms with Crippen LogP contribution in [0.25, 0.3) is 0 Å². The second-order valence-corrected chi connectivity index (χ2v) is 5.21. The van der Waals surface area contributed by atoms with Crippen molar-refractivity contribution < 1.29 is 14.5 Å². The maximum absolute atomic E-state index is 12.3. The Morgan fingerprint density at radius 3 is 2.71 bits per heavy atom. The Bertz CT molecular complexity index is 779. The molecule has 0 spiro atoms. The second-order valence-electron chi connectivity index (χ2n) is 5.21. The third-order valence-electron chi connectivity index (χ3n) is 3.27. The lowest BCUT2D eigenvalue weighted by Crippen LogP contribution is -2.26. The maximum Gasteiger partial charge on any atom is 0.306 e. The van der Waals surface area contributed by atoms with Crippen molar-refractivity contribution >= 4 is 23.2 Å². The molecule has 2 amide bonds. The summed E-state index contributed by atoms with van der Waals surface area (Å²) >= 11 is 0. The summed E-state index contributed by atoms with van der Waals surface area (Å²) in [6, 6.07) is 0. The van der Waals surface area contributed by atoms with Gasteiger partial charge in [0.25, 0.3) is 5.91 Å². The number of aromatic nitrogens is 4. The van der Waals surface area contributed by atoms with Crippen LogP contribution in [-0.2, 0) is 18.4 Å². The Hall–Kier alpha value is -3.24. The molecule has 1 unspecified atom stereocenters. The molecule has 0 bridgehead atoms. The van der Waals surface area contributed by atoms with E-state index in [0.717, 1.165) is 6.20 Å². The van der Waals surface area contributed by atoms with Gasteiger partial charge in [-0.25, -0.2) is 0 Å². The molecule has 0 aliphatic heterocycles. The van der Waals surface area contributed by atoms with Gasteiger partial charge in [0.05, 0.1) is 23.1 Å². The summed E-state index contributed by atoms with van der Waals surface area (Å²) in [6.45, 7) is 1.81. The molecule has 0 fully saturated rings. The van der Waals surface area contributed by atoms with Crippen molar-refractivity contribution in [3.63, 3.8) is 0 Å². The summed E-state index contributed by atoms with van der Waals surface area (Å²) in [4.78, 5) is 34.1. The van der Waals surface area contributed by atoms with Crippen LogP contribution >= 0.6 is 0 Å². The quantitative estimate of drug-likeness (QED) is 0.570. The molecule has 2 heterocycles. The summed E-state index contributed by atoms with van der Waals surface area (Å²) in [6.07, 6.45) is 3.90. The lowest BCUT2D eigenvalue weighted by Gasteiger charge is -2.11. The minimum absolute atomic E-state index is 0.107. The Balaban J connectivity index is 2.06. The van der Waals surface area contributed by atoms with Gasteiger partial charge >= 0.3 is 5.69 Å². The standard InChI is InChI=1S/C13H17N7O4/c1-8(5-19-6-9(4-15-19)20(23)24)12(21)16-10-7-18(3)17-11(10)13(22)14-2/h4,6-8H,5H2,1-3H3,(H,14,22)(H,16,21). The molecular formula is C13H17N7O4. The molecule has 11 nitrogen and oxygen atoms in total. The third-order valence-corrected chi connectivity index (χ3v) is 3.27. The van der Waals surface area contributed by atoms with Crippen LogP contribution in [-0.4, -0.2) is 43.3 Å². The zero-order valence-electron chi connectivity index (χ0n) is 13.4. The van der Waals surface area contributed by atoms with Crippen LogP contribution in [0.5, 0.6) is 0 Å². The van der Waals surface area contributed by atoms with Crippen LogP contribution in [0.4, 0.5) is 11.4 Å². The first-order valence-corrected chi connectivity index (χ1v) is 7.05. The van der Waals surface area contributed by atoms with Gasteiger partial charge < -0.3 is 10.6 Å². The Labute approximate surface area is 136 Å². The Morgan fingerprint density at radius 1 is 1.42 bits per heavy atom. The van der Waals surface area contributed by atoms with Crippen LogP contribution in [0, 0.1) is 16.0 Å². The molecule has 0 aliphatic carbocycles. The van der Waals surface area contributed by atoms with Crippen molar-refractivity contribution in [2.75, 3.05) is 12.4 Å². The van der Waals surface area contributed by atoms with Crippen LogP contribution in [0.1, 0.15) is 17.4 Å². The molecule has 2 aromatic heterocycles. The number of nitrogens with zero attached hydrogens (tertiary/aromatic N) is 5. The average molecular weight is 335 g/mol. The Kier molecular flexibility index (Phi) is 4.92. The molecule has 0 radical (unpaired) electrons. The van der Waals surface area contributed by atoms with Crippen molar-refractivity contribution in [2.24, 2.45) is 13.0 Å². The summed E-state index contributed by atoms with van der Waals surface area (Å²) < 4.78 is 2.74. The molecule has 128 valence electrons. The number of carbonyl (C=O) groups is 2. The first kappa shape index (κ1) is 17.1. The number of carbonyl (C=O) groups excluding carboxylic acids is 2. The molecule has 2 N–H and O–H groups in total. The number of nitrogens with one attached hydrogen (secondary N) is 2. The van der Waals surface area contributed by atoms with E-state index in [1.54, 1.807) is 14.0 Å². The number of anilines is 1. The van der Waals surface area contributed by atoms with Gasteiger partial charge in [0, 0.05) is 20.3 Å². The fraction of sp³-hybridized carbons (Fsp3) is 0.385. The maximum atomic E-state index is 12.3. The normalized spacial score (nSPS) is 11.8. The van der Waals surface area contributed by atoms with Crippen LogP contribution in [0.15, 0.2) is 18.6 Å². The van der Waals surface area contributed by atoms with Crippen molar-refractivity contribution in [1.29, 1.82) is 0 Å². The molecule has 0 saturated carbocycles. The zero-order valence-corrected chi connectivity index (χ0v) is 13.4.